The van der Waals surface area contributed by atoms with Crippen LogP contribution < -0.4 is 0 Å². The van der Waals surface area contributed by atoms with Gasteiger partial charge in [0.15, 0.2) is 0 Å². The first kappa shape index (κ1) is 18.1. The maximum Gasteiger partial charge on any atom is 0.243 e. The molecule has 0 unspecified atom stereocenters. The minimum atomic E-state index is -3.50. The first-order valence-electron chi connectivity index (χ1n) is 9.27. The van der Waals surface area contributed by atoms with E-state index < -0.39 is 15.6 Å². The Morgan fingerprint density at radius 1 is 1.14 bits per heavy atom. The second kappa shape index (κ2) is 6.29. The highest BCUT2D eigenvalue weighted by molar-refractivity contribution is 7.89. The first-order valence-corrected chi connectivity index (χ1v) is 11.1. The second-order valence-electron chi connectivity index (χ2n) is 7.88. The Hall–Kier alpha value is -1.93. The van der Waals surface area contributed by atoms with Crippen LogP contribution in [0, 0.1) is 11.8 Å². The van der Waals surface area contributed by atoms with Crippen molar-refractivity contribution in [2.24, 2.45) is 11.8 Å². The number of aromatic amines is 1. The number of rotatable bonds is 3. The number of benzene rings is 2. The van der Waals surface area contributed by atoms with Crippen LogP contribution in [0.15, 0.2) is 53.6 Å². The van der Waals surface area contributed by atoms with E-state index in [0.717, 1.165) is 16.5 Å². The molecule has 1 saturated heterocycles. The van der Waals surface area contributed by atoms with Gasteiger partial charge in [-0.25, -0.2) is 8.42 Å². The van der Waals surface area contributed by atoms with Crippen molar-refractivity contribution in [3.63, 3.8) is 0 Å². The third-order valence-electron chi connectivity index (χ3n) is 6.14. The Kier molecular flexibility index (Phi) is 4.07. The van der Waals surface area contributed by atoms with Crippen LogP contribution >= 0.6 is 11.6 Å². The Balaban J connectivity index is 1.42. The lowest BCUT2D eigenvalue weighted by Gasteiger charge is -2.27. The number of aromatic nitrogens is 2. The molecule has 1 aliphatic carbocycles. The molecule has 0 bridgehead atoms. The van der Waals surface area contributed by atoms with Gasteiger partial charge in [-0.15, -0.1) is 0 Å². The third kappa shape index (κ3) is 2.76. The summed E-state index contributed by atoms with van der Waals surface area (Å²) < 4.78 is 27.4. The average Bonchev–Trinajstić information content (AvgIpc) is 3.35. The van der Waals surface area contributed by atoms with Crippen LogP contribution in [0.2, 0.25) is 5.02 Å². The van der Waals surface area contributed by atoms with Crippen molar-refractivity contribution in [3.8, 4) is 0 Å². The molecule has 1 aromatic heterocycles. The monoisotopic (exact) mass is 417 g/mol. The summed E-state index contributed by atoms with van der Waals surface area (Å²) in [6, 6.07) is 12.1. The minimum absolute atomic E-state index is 0.112. The predicted molar refractivity (Wildman–Crippen MR) is 106 cm³/mol. The van der Waals surface area contributed by atoms with Crippen molar-refractivity contribution < 1.29 is 13.5 Å². The molecule has 2 aromatic carbocycles. The van der Waals surface area contributed by atoms with Gasteiger partial charge < -0.3 is 5.11 Å². The molecular weight excluding hydrogens is 398 g/mol. The number of aliphatic hydroxyl groups is 1. The minimum Gasteiger partial charge on any atom is -0.385 e. The summed E-state index contributed by atoms with van der Waals surface area (Å²) in [6.45, 7) is 0.855. The van der Waals surface area contributed by atoms with Crippen LogP contribution in [0.25, 0.3) is 10.9 Å². The fourth-order valence-electron chi connectivity index (χ4n) is 4.85. The maximum atomic E-state index is 12.9. The predicted octanol–water partition coefficient (Wildman–Crippen LogP) is 3.13. The van der Waals surface area contributed by atoms with Crippen molar-refractivity contribution in [2.45, 2.75) is 23.3 Å². The van der Waals surface area contributed by atoms with E-state index in [2.05, 4.69) is 10.2 Å². The molecule has 146 valence electrons. The van der Waals surface area contributed by atoms with Gasteiger partial charge >= 0.3 is 0 Å². The van der Waals surface area contributed by atoms with Gasteiger partial charge in [-0.3, -0.25) is 5.10 Å². The van der Waals surface area contributed by atoms with Gasteiger partial charge in [-0.1, -0.05) is 29.8 Å². The van der Waals surface area contributed by atoms with Crippen LogP contribution in [0.4, 0.5) is 0 Å². The topological polar surface area (TPSA) is 86.3 Å². The normalized spacial score (nSPS) is 28.1. The Bertz CT molecular complexity index is 1130. The van der Waals surface area contributed by atoms with Gasteiger partial charge in [0, 0.05) is 29.1 Å². The van der Waals surface area contributed by atoms with Crippen LogP contribution in [0.5, 0.6) is 0 Å². The van der Waals surface area contributed by atoms with Gasteiger partial charge in [0.2, 0.25) is 10.0 Å². The molecule has 5 rings (SSSR count). The molecule has 0 amide bonds. The Labute approximate surface area is 168 Å². The van der Waals surface area contributed by atoms with Crippen molar-refractivity contribution in [3.05, 3.63) is 59.2 Å². The van der Waals surface area contributed by atoms with E-state index in [0.29, 0.717) is 35.8 Å². The zero-order valence-corrected chi connectivity index (χ0v) is 16.6. The van der Waals surface area contributed by atoms with Crippen LogP contribution in [0.1, 0.15) is 18.4 Å². The molecule has 6 nitrogen and oxygen atoms in total. The first-order chi connectivity index (χ1) is 13.4. The summed E-state index contributed by atoms with van der Waals surface area (Å²) in [7, 11) is -3.50. The lowest BCUT2D eigenvalue weighted by molar-refractivity contribution is 0.0352. The lowest BCUT2D eigenvalue weighted by Crippen LogP contribution is -2.32. The van der Waals surface area contributed by atoms with E-state index in [1.807, 2.05) is 6.07 Å². The van der Waals surface area contributed by atoms with Crippen molar-refractivity contribution in [2.75, 3.05) is 13.1 Å². The van der Waals surface area contributed by atoms with Crippen LogP contribution in [0.3, 0.4) is 0 Å². The molecule has 1 saturated carbocycles. The van der Waals surface area contributed by atoms with Gasteiger partial charge in [0.25, 0.3) is 0 Å². The lowest BCUT2D eigenvalue weighted by atomic mass is 9.89. The largest absolute Gasteiger partial charge is 0.385 e. The smallest absolute Gasteiger partial charge is 0.243 e. The van der Waals surface area contributed by atoms with Crippen LogP contribution in [-0.2, 0) is 15.6 Å². The second-order valence-corrected chi connectivity index (χ2v) is 10.3. The van der Waals surface area contributed by atoms with E-state index in [-0.39, 0.29) is 11.8 Å². The molecule has 2 N–H and O–H groups in total. The molecule has 8 heteroatoms. The summed E-state index contributed by atoms with van der Waals surface area (Å²) in [5.74, 6) is 0.223. The molecule has 0 spiro atoms. The number of hydrogen-bond donors (Lipinski definition) is 2. The molecule has 3 aromatic rings. The number of nitrogens with zero attached hydrogens (tertiary/aromatic N) is 2. The fourth-order valence-corrected chi connectivity index (χ4v) is 6.66. The third-order valence-corrected chi connectivity index (χ3v) is 8.20. The standard InChI is InChI=1S/C20H20ClN3O3S/c21-16-6-13-10-22-23-19(13)18(7-16)20(25)8-14-11-24(12-15(14)9-20)28(26,27)17-4-2-1-3-5-17/h1-7,10,14-15,25H,8-9,11-12H2,(H,22,23)/t14-,15+,20-. The maximum absolute atomic E-state index is 12.9. The number of halogens is 1. The highest BCUT2D eigenvalue weighted by Gasteiger charge is 2.51. The van der Waals surface area contributed by atoms with E-state index in [1.54, 1.807) is 46.9 Å². The molecule has 2 heterocycles. The van der Waals surface area contributed by atoms with Gasteiger partial charge in [-0.05, 0) is 48.9 Å². The molecular formula is C20H20ClN3O3S. The fraction of sp³-hybridized carbons (Fsp3) is 0.350. The van der Waals surface area contributed by atoms with Gasteiger partial charge in [-0.2, -0.15) is 9.40 Å². The van der Waals surface area contributed by atoms with Crippen molar-refractivity contribution in [1.29, 1.82) is 0 Å². The summed E-state index contributed by atoms with van der Waals surface area (Å²) in [4.78, 5) is 0.319. The molecule has 3 atom stereocenters. The summed E-state index contributed by atoms with van der Waals surface area (Å²) >= 11 is 6.25. The van der Waals surface area contributed by atoms with Crippen molar-refractivity contribution in [1.82, 2.24) is 14.5 Å². The Morgan fingerprint density at radius 3 is 2.50 bits per heavy atom. The molecule has 0 radical (unpaired) electrons. The number of fused-ring (bicyclic) bond motifs is 2. The average molecular weight is 418 g/mol. The highest BCUT2D eigenvalue weighted by Crippen LogP contribution is 2.51. The van der Waals surface area contributed by atoms with E-state index in [9.17, 15) is 13.5 Å². The number of sulfonamides is 1. The number of nitrogens with one attached hydrogen (secondary N) is 1. The number of H-pyrrole nitrogens is 1. The molecule has 2 aliphatic rings. The summed E-state index contributed by atoms with van der Waals surface area (Å²) in [5, 5.41) is 19.9. The van der Waals surface area contributed by atoms with E-state index in [1.165, 1.54) is 0 Å². The highest BCUT2D eigenvalue weighted by atomic mass is 35.5. The number of hydrogen-bond acceptors (Lipinski definition) is 4. The zero-order chi connectivity index (χ0) is 19.5. The van der Waals surface area contributed by atoms with E-state index >= 15 is 0 Å². The quantitative estimate of drug-likeness (QED) is 0.685. The van der Waals surface area contributed by atoms with E-state index in [4.69, 9.17) is 11.6 Å². The van der Waals surface area contributed by atoms with Gasteiger partial charge in [0.1, 0.15) is 0 Å². The molecule has 28 heavy (non-hydrogen) atoms. The van der Waals surface area contributed by atoms with Crippen molar-refractivity contribution >= 4 is 32.5 Å². The van der Waals surface area contributed by atoms with Gasteiger partial charge in [0.05, 0.1) is 22.2 Å². The molecule has 2 fully saturated rings. The summed E-state index contributed by atoms with van der Waals surface area (Å²) in [6.07, 6.45) is 2.71. The summed E-state index contributed by atoms with van der Waals surface area (Å²) in [5.41, 5.74) is 0.508. The zero-order valence-electron chi connectivity index (χ0n) is 15.0. The van der Waals surface area contributed by atoms with Crippen LogP contribution in [-0.4, -0.2) is 41.1 Å². The SMILES string of the molecule is O=S(=O)(c1ccccc1)N1C[C@@H]2C[C@@](O)(c3cc(Cl)cc4cn[nH]c34)C[C@@H]2C1. The Morgan fingerprint density at radius 2 is 1.82 bits per heavy atom. The molecule has 1 aliphatic heterocycles.